The number of aryl methyl sites for hydroxylation is 2. The second kappa shape index (κ2) is 4.80. The third-order valence-electron chi connectivity index (χ3n) is 2.43. The van der Waals surface area contributed by atoms with Crippen LogP contribution in [0.15, 0.2) is 18.2 Å². The van der Waals surface area contributed by atoms with Crippen LogP contribution in [-0.4, -0.2) is 0 Å². The van der Waals surface area contributed by atoms with Crippen molar-refractivity contribution in [1.82, 2.24) is 0 Å². The Hall–Kier alpha value is -0.300. The van der Waals surface area contributed by atoms with Crippen molar-refractivity contribution in [2.75, 3.05) is 0 Å². The summed E-state index contributed by atoms with van der Waals surface area (Å²) in [5.41, 5.74) is 4.17. The van der Waals surface area contributed by atoms with Crippen molar-refractivity contribution in [3.8, 4) is 0 Å². The standard InChI is InChI=1S/C12H17Br/c1-4-5-12(13)11-7-6-9(2)10(3)8-11/h6-8,12H,4-5H2,1-3H3. The zero-order valence-corrected chi connectivity index (χ0v) is 10.2. The first-order valence-corrected chi connectivity index (χ1v) is 5.78. The van der Waals surface area contributed by atoms with Crippen molar-refractivity contribution in [3.05, 3.63) is 34.9 Å². The van der Waals surface area contributed by atoms with Crippen molar-refractivity contribution in [2.24, 2.45) is 0 Å². The molecule has 0 spiro atoms. The van der Waals surface area contributed by atoms with Gasteiger partial charge in [0.15, 0.2) is 0 Å². The SMILES string of the molecule is CCCC(Br)c1ccc(C)c(C)c1. The van der Waals surface area contributed by atoms with Crippen molar-refractivity contribution >= 4 is 15.9 Å². The van der Waals surface area contributed by atoms with Gasteiger partial charge in [0, 0.05) is 4.83 Å². The van der Waals surface area contributed by atoms with E-state index in [2.05, 4.69) is 54.9 Å². The van der Waals surface area contributed by atoms with Crippen LogP contribution >= 0.6 is 15.9 Å². The smallest absolute Gasteiger partial charge is 0.0395 e. The molecule has 1 heteroatoms. The van der Waals surface area contributed by atoms with E-state index in [4.69, 9.17) is 0 Å². The van der Waals surface area contributed by atoms with Crippen LogP contribution in [-0.2, 0) is 0 Å². The average Bonchev–Trinajstić information content (AvgIpc) is 2.10. The summed E-state index contributed by atoms with van der Waals surface area (Å²) >= 11 is 3.70. The molecule has 0 radical (unpaired) electrons. The molecule has 0 saturated carbocycles. The van der Waals surface area contributed by atoms with Crippen LogP contribution in [0.1, 0.15) is 41.3 Å². The molecule has 1 rings (SSSR count). The molecule has 1 aromatic carbocycles. The molecule has 1 atom stereocenters. The Morgan fingerprint density at radius 2 is 1.92 bits per heavy atom. The van der Waals surface area contributed by atoms with Gasteiger partial charge in [-0.15, -0.1) is 0 Å². The number of hydrogen-bond donors (Lipinski definition) is 0. The van der Waals surface area contributed by atoms with Gasteiger partial charge in [-0.05, 0) is 37.0 Å². The zero-order valence-electron chi connectivity index (χ0n) is 8.60. The van der Waals surface area contributed by atoms with Gasteiger partial charge in [0.25, 0.3) is 0 Å². The maximum atomic E-state index is 3.70. The van der Waals surface area contributed by atoms with E-state index in [-0.39, 0.29) is 0 Å². The lowest BCUT2D eigenvalue weighted by Crippen LogP contribution is -1.91. The molecule has 0 fully saturated rings. The van der Waals surface area contributed by atoms with Gasteiger partial charge in [-0.2, -0.15) is 0 Å². The molecular weight excluding hydrogens is 224 g/mol. The maximum Gasteiger partial charge on any atom is 0.0395 e. The van der Waals surface area contributed by atoms with Gasteiger partial charge in [-0.3, -0.25) is 0 Å². The summed E-state index contributed by atoms with van der Waals surface area (Å²) in [5, 5.41) is 0. The molecule has 0 aliphatic carbocycles. The molecule has 1 unspecified atom stereocenters. The van der Waals surface area contributed by atoms with Crippen molar-refractivity contribution < 1.29 is 0 Å². The predicted octanol–water partition coefficient (Wildman–Crippen LogP) is 4.54. The fourth-order valence-electron chi connectivity index (χ4n) is 1.38. The van der Waals surface area contributed by atoms with Crippen LogP contribution in [0, 0.1) is 13.8 Å². The lowest BCUT2D eigenvalue weighted by Gasteiger charge is -2.10. The lowest BCUT2D eigenvalue weighted by atomic mass is 10.0. The minimum atomic E-state index is 0.525. The lowest BCUT2D eigenvalue weighted by molar-refractivity contribution is 0.787. The third kappa shape index (κ3) is 2.84. The van der Waals surface area contributed by atoms with E-state index < -0.39 is 0 Å². The summed E-state index contributed by atoms with van der Waals surface area (Å²) < 4.78 is 0. The minimum Gasteiger partial charge on any atom is -0.0839 e. The van der Waals surface area contributed by atoms with E-state index in [0.717, 1.165) is 0 Å². The van der Waals surface area contributed by atoms with E-state index in [9.17, 15) is 0 Å². The highest BCUT2D eigenvalue weighted by Crippen LogP contribution is 2.28. The van der Waals surface area contributed by atoms with Crippen molar-refractivity contribution in [1.29, 1.82) is 0 Å². The van der Waals surface area contributed by atoms with Gasteiger partial charge in [-0.1, -0.05) is 47.5 Å². The van der Waals surface area contributed by atoms with Gasteiger partial charge >= 0.3 is 0 Å². The van der Waals surface area contributed by atoms with Crippen LogP contribution in [0.5, 0.6) is 0 Å². The molecule has 0 aliphatic rings. The van der Waals surface area contributed by atoms with E-state index >= 15 is 0 Å². The molecule has 0 heterocycles. The number of rotatable bonds is 3. The number of alkyl halides is 1. The summed E-state index contributed by atoms with van der Waals surface area (Å²) in [6.07, 6.45) is 2.44. The number of halogens is 1. The first kappa shape index (κ1) is 10.8. The summed E-state index contributed by atoms with van der Waals surface area (Å²) in [6, 6.07) is 6.70. The summed E-state index contributed by atoms with van der Waals surface area (Å²) in [6.45, 7) is 6.54. The van der Waals surface area contributed by atoms with Gasteiger partial charge in [0.1, 0.15) is 0 Å². The van der Waals surface area contributed by atoms with Crippen LogP contribution in [0.4, 0.5) is 0 Å². The number of hydrogen-bond acceptors (Lipinski definition) is 0. The molecule has 72 valence electrons. The second-order valence-electron chi connectivity index (χ2n) is 3.60. The first-order chi connectivity index (χ1) is 6.15. The van der Waals surface area contributed by atoms with Crippen LogP contribution in [0.3, 0.4) is 0 Å². The molecule has 0 aliphatic heterocycles. The summed E-state index contributed by atoms with van der Waals surface area (Å²) in [5.74, 6) is 0. The predicted molar refractivity (Wildman–Crippen MR) is 62.5 cm³/mol. The van der Waals surface area contributed by atoms with Crippen LogP contribution < -0.4 is 0 Å². The Labute approximate surface area is 89.5 Å². The van der Waals surface area contributed by atoms with Gasteiger partial charge < -0.3 is 0 Å². The highest BCUT2D eigenvalue weighted by Gasteiger charge is 2.06. The summed E-state index contributed by atoms with van der Waals surface area (Å²) in [4.78, 5) is 0.525. The topological polar surface area (TPSA) is 0 Å². The minimum absolute atomic E-state index is 0.525. The Kier molecular flexibility index (Phi) is 3.98. The van der Waals surface area contributed by atoms with Gasteiger partial charge in [-0.25, -0.2) is 0 Å². The molecular formula is C12H17Br. The van der Waals surface area contributed by atoms with Gasteiger partial charge in [0.2, 0.25) is 0 Å². The average molecular weight is 241 g/mol. The Morgan fingerprint density at radius 3 is 2.46 bits per heavy atom. The van der Waals surface area contributed by atoms with Crippen molar-refractivity contribution in [3.63, 3.8) is 0 Å². The quantitative estimate of drug-likeness (QED) is 0.681. The molecule has 0 saturated heterocycles. The first-order valence-electron chi connectivity index (χ1n) is 4.86. The maximum absolute atomic E-state index is 3.70. The molecule has 0 amide bonds. The summed E-state index contributed by atoms with van der Waals surface area (Å²) in [7, 11) is 0. The van der Waals surface area contributed by atoms with E-state index in [1.54, 1.807) is 0 Å². The van der Waals surface area contributed by atoms with Gasteiger partial charge in [0.05, 0.1) is 0 Å². The van der Waals surface area contributed by atoms with Crippen LogP contribution in [0.2, 0.25) is 0 Å². The fourth-order valence-corrected chi connectivity index (χ4v) is 2.12. The van der Waals surface area contributed by atoms with E-state index in [1.165, 1.54) is 29.5 Å². The molecule has 13 heavy (non-hydrogen) atoms. The third-order valence-corrected chi connectivity index (χ3v) is 3.42. The second-order valence-corrected chi connectivity index (χ2v) is 4.71. The Bertz CT molecular complexity index is 278. The largest absolute Gasteiger partial charge is 0.0839 e. The molecule has 0 aromatic heterocycles. The number of benzene rings is 1. The zero-order chi connectivity index (χ0) is 9.84. The monoisotopic (exact) mass is 240 g/mol. The fraction of sp³-hybridized carbons (Fsp3) is 0.500. The molecule has 0 N–H and O–H groups in total. The highest BCUT2D eigenvalue weighted by atomic mass is 79.9. The van der Waals surface area contributed by atoms with E-state index in [1.807, 2.05) is 0 Å². The highest BCUT2D eigenvalue weighted by molar-refractivity contribution is 9.09. The normalized spacial score (nSPS) is 12.9. The van der Waals surface area contributed by atoms with E-state index in [0.29, 0.717) is 4.83 Å². The molecule has 0 bridgehead atoms. The Morgan fingerprint density at radius 1 is 1.23 bits per heavy atom. The van der Waals surface area contributed by atoms with Crippen molar-refractivity contribution in [2.45, 2.75) is 38.4 Å². The Balaban J connectivity index is 2.84. The molecule has 0 nitrogen and oxygen atoms in total. The van der Waals surface area contributed by atoms with Crippen LogP contribution in [0.25, 0.3) is 0 Å². The molecule has 1 aromatic rings.